The number of rotatable bonds is 4. The van der Waals surface area contributed by atoms with Crippen LogP contribution in [0.15, 0.2) is 53.3 Å². The van der Waals surface area contributed by atoms with E-state index in [0.29, 0.717) is 27.6 Å². The SMILES string of the molecule is Cc1cc(-c2ccc(OCc3ccc(Cl)cc3F)cc2)c(C#N)c(=O)[nH]1. The van der Waals surface area contributed by atoms with E-state index in [1.807, 2.05) is 6.07 Å². The zero-order valence-electron chi connectivity index (χ0n) is 13.8. The molecule has 3 rings (SSSR count). The molecule has 1 aromatic heterocycles. The highest BCUT2D eigenvalue weighted by molar-refractivity contribution is 6.30. The van der Waals surface area contributed by atoms with Gasteiger partial charge in [-0.2, -0.15) is 5.26 Å². The molecule has 0 aliphatic heterocycles. The summed E-state index contributed by atoms with van der Waals surface area (Å²) in [7, 11) is 0. The van der Waals surface area contributed by atoms with E-state index in [2.05, 4.69) is 4.98 Å². The predicted octanol–water partition coefficient (Wildman–Crippen LogP) is 4.59. The number of aromatic nitrogens is 1. The fraction of sp³-hybridized carbons (Fsp3) is 0.100. The van der Waals surface area contributed by atoms with Crippen LogP contribution >= 0.6 is 11.6 Å². The Bertz CT molecular complexity index is 1050. The first kappa shape index (κ1) is 17.7. The first-order valence-electron chi connectivity index (χ1n) is 7.79. The van der Waals surface area contributed by atoms with E-state index in [4.69, 9.17) is 16.3 Å². The van der Waals surface area contributed by atoms with Crippen molar-refractivity contribution in [3.05, 3.63) is 86.5 Å². The van der Waals surface area contributed by atoms with Crippen molar-refractivity contribution in [3.8, 4) is 22.9 Å². The molecule has 1 heterocycles. The molecule has 0 saturated carbocycles. The number of nitrogens with zero attached hydrogens (tertiary/aromatic N) is 1. The van der Waals surface area contributed by atoms with Crippen LogP contribution < -0.4 is 10.3 Å². The molecule has 0 bridgehead atoms. The summed E-state index contributed by atoms with van der Waals surface area (Å²) >= 11 is 5.73. The molecule has 26 heavy (non-hydrogen) atoms. The number of H-pyrrole nitrogens is 1. The highest BCUT2D eigenvalue weighted by Crippen LogP contribution is 2.25. The molecule has 0 unspecified atom stereocenters. The second-order valence-corrected chi connectivity index (χ2v) is 6.17. The number of hydrogen-bond donors (Lipinski definition) is 1. The number of hydrogen-bond acceptors (Lipinski definition) is 3. The summed E-state index contributed by atoms with van der Waals surface area (Å²) in [5, 5.41) is 9.55. The predicted molar refractivity (Wildman–Crippen MR) is 97.7 cm³/mol. The third-order valence-corrected chi connectivity index (χ3v) is 4.09. The minimum Gasteiger partial charge on any atom is -0.489 e. The molecule has 1 N–H and O–H groups in total. The van der Waals surface area contributed by atoms with Gasteiger partial charge in [0.15, 0.2) is 0 Å². The number of halogens is 2. The number of benzene rings is 2. The molecule has 3 aromatic rings. The Labute approximate surface area is 154 Å². The maximum atomic E-state index is 13.8. The van der Waals surface area contributed by atoms with Crippen LogP contribution in [0, 0.1) is 24.1 Å². The summed E-state index contributed by atoms with van der Waals surface area (Å²) in [5.41, 5.74) is 2.00. The second kappa shape index (κ2) is 7.42. The van der Waals surface area contributed by atoms with E-state index in [0.717, 1.165) is 5.56 Å². The zero-order chi connectivity index (χ0) is 18.7. The van der Waals surface area contributed by atoms with Crippen LogP contribution in [0.1, 0.15) is 16.8 Å². The third-order valence-electron chi connectivity index (χ3n) is 3.85. The molecular formula is C20H14ClFN2O2. The smallest absolute Gasteiger partial charge is 0.266 e. The van der Waals surface area contributed by atoms with Gasteiger partial charge in [0.25, 0.3) is 5.56 Å². The molecule has 0 atom stereocenters. The van der Waals surface area contributed by atoms with Crippen molar-refractivity contribution in [2.75, 3.05) is 0 Å². The number of aromatic amines is 1. The van der Waals surface area contributed by atoms with Gasteiger partial charge in [0.1, 0.15) is 29.8 Å². The van der Waals surface area contributed by atoms with Gasteiger partial charge in [0.2, 0.25) is 0 Å². The van der Waals surface area contributed by atoms with E-state index in [1.54, 1.807) is 49.4 Å². The molecule has 0 fully saturated rings. The van der Waals surface area contributed by atoms with Crippen LogP contribution in [0.2, 0.25) is 5.02 Å². The zero-order valence-corrected chi connectivity index (χ0v) is 14.6. The average molecular weight is 369 g/mol. The summed E-state index contributed by atoms with van der Waals surface area (Å²) in [4.78, 5) is 14.5. The first-order chi connectivity index (χ1) is 12.5. The number of aryl methyl sites for hydroxylation is 1. The normalized spacial score (nSPS) is 10.4. The highest BCUT2D eigenvalue weighted by Gasteiger charge is 2.10. The average Bonchev–Trinajstić information content (AvgIpc) is 2.61. The molecule has 0 spiro atoms. The largest absolute Gasteiger partial charge is 0.489 e. The third kappa shape index (κ3) is 3.76. The van der Waals surface area contributed by atoms with Crippen molar-refractivity contribution in [1.29, 1.82) is 5.26 Å². The number of pyridine rings is 1. The van der Waals surface area contributed by atoms with Gasteiger partial charge in [0, 0.05) is 21.8 Å². The molecular weight excluding hydrogens is 355 g/mol. The summed E-state index contributed by atoms with van der Waals surface area (Å²) < 4.78 is 19.4. The van der Waals surface area contributed by atoms with Crippen LogP contribution in [-0.2, 0) is 6.61 Å². The summed E-state index contributed by atoms with van der Waals surface area (Å²) in [6, 6.07) is 15.0. The molecule has 130 valence electrons. The maximum Gasteiger partial charge on any atom is 0.266 e. The van der Waals surface area contributed by atoms with Crippen molar-refractivity contribution in [1.82, 2.24) is 4.98 Å². The fourth-order valence-corrected chi connectivity index (χ4v) is 2.72. The Morgan fingerprint density at radius 2 is 1.92 bits per heavy atom. The number of nitriles is 1. The van der Waals surface area contributed by atoms with E-state index >= 15 is 0 Å². The van der Waals surface area contributed by atoms with E-state index in [-0.39, 0.29) is 12.2 Å². The number of ether oxygens (including phenoxy) is 1. The molecule has 0 saturated heterocycles. The molecule has 4 nitrogen and oxygen atoms in total. The molecule has 0 aliphatic carbocycles. The van der Waals surface area contributed by atoms with Gasteiger partial charge in [0.05, 0.1) is 0 Å². The van der Waals surface area contributed by atoms with Gasteiger partial charge in [-0.3, -0.25) is 4.79 Å². The molecule has 0 amide bonds. The number of nitrogens with one attached hydrogen (secondary N) is 1. The van der Waals surface area contributed by atoms with Crippen LogP contribution in [-0.4, -0.2) is 4.98 Å². The Balaban J connectivity index is 1.81. The lowest BCUT2D eigenvalue weighted by molar-refractivity contribution is 0.300. The van der Waals surface area contributed by atoms with Crippen molar-refractivity contribution in [3.63, 3.8) is 0 Å². The van der Waals surface area contributed by atoms with Gasteiger partial charge in [-0.05, 0) is 42.8 Å². The van der Waals surface area contributed by atoms with Gasteiger partial charge < -0.3 is 9.72 Å². The molecule has 2 aromatic carbocycles. The highest BCUT2D eigenvalue weighted by atomic mass is 35.5. The van der Waals surface area contributed by atoms with Crippen LogP contribution in [0.4, 0.5) is 4.39 Å². The lowest BCUT2D eigenvalue weighted by atomic mass is 10.0. The van der Waals surface area contributed by atoms with Gasteiger partial charge >= 0.3 is 0 Å². The second-order valence-electron chi connectivity index (χ2n) is 5.73. The van der Waals surface area contributed by atoms with Crippen molar-refractivity contribution in [2.45, 2.75) is 13.5 Å². The molecule has 6 heteroatoms. The Morgan fingerprint density at radius 3 is 2.58 bits per heavy atom. The Kier molecular flexibility index (Phi) is 5.06. The van der Waals surface area contributed by atoms with Crippen LogP contribution in [0.25, 0.3) is 11.1 Å². The first-order valence-corrected chi connectivity index (χ1v) is 8.17. The summed E-state index contributed by atoms with van der Waals surface area (Å²) in [6.45, 7) is 1.82. The van der Waals surface area contributed by atoms with Crippen molar-refractivity contribution < 1.29 is 9.13 Å². The van der Waals surface area contributed by atoms with E-state index in [9.17, 15) is 14.4 Å². The van der Waals surface area contributed by atoms with Gasteiger partial charge in [-0.15, -0.1) is 0 Å². The minimum atomic E-state index is -0.424. The van der Waals surface area contributed by atoms with Crippen molar-refractivity contribution >= 4 is 11.6 Å². The summed E-state index contributed by atoms with van der Waals surface area (Å²) in [6.07, 6.45) is 0. The van der Waals surface area contributed by atoms with Crippen LogP contribution in [0.5, 0.6) is 5.75 Å². The van der Waals surface area contributed by atoms with Crippen LogP contribution in [0.3, 0.4) is 0 Å². The Hall–Kier alpha value is -3.10. The lowest BCUT2D eigenvalue weighted by Gasteiger charge is -2.09. The lowest BCUT2D eigenvalue weighted by Crippen LogP contribution is -2.12. The van der Waals surface area contributed by atoms with Crippen molar-refractivity contribution in [2.24, 2.45) is 0 Å². The quantitative estimate of drug-likeness (QED) is 0.732. The fourth-order valence-electron chi connectivity index (χ4n) is 2.56. The molecule has 0 radical (unpaired) electrons. The van der Waals surface area contributed by atoms with E-state index in [1.165, 1.54) is 6.07 Å². The topological polar surface area (TPSA) is 65.9 Å². The summed E-state index contributed by atoms with van der Waals surface area (Å²) in [5.74, 6) is 0.120. The Morgan fingerprint density at radius 1 is 1.19 bits per heavy atom. The molecule has 0 aliphatic rings. The van der Waals surface area contributed by atoms with Gasteiger partial charge in [-0.25, -0.2) is 4.39 Å². The van der Waals surface area contributed by atoms with E-state index < -0.39 is 11.4 Å². The standard InChI is InChI=1S/C20H14ClFN2O2/c1-12-8-17(18(10-23)20(25)24-12)13-3-6-16(7-4-13)26-11-14-2-5-15(21)9-19(14)22/h2-9H,11H2,1H3,(H,24,25). The van der Waals surface area contributed by atoms with Gasteiger partial charge in [-0.1, -0.05) is 29.8 Å². The minimum absolute atomic E-state index is 0.0625. The monoisotopic (exact) mass is 368 g/mol. The maximum absolute atomic E-state index is 13.8.